The van der Waals surface area contributed by atoms with Crippen LogP contribution >= 0.6 is 11.8 Å². The average Bonchev–Trinajstić information content (AvgIpc) is 3.30. The molecule has 2 rings (SSSR count). The molecule has 210 valence electrons. The van der Waals surface area contributed by atoms with E-state index in [-0.39, 0.29) is 18.3 Å². The fraction of sp³-hybridized carbons (Fsp3) is 0.556. The first-order chi connectivity index (χ1) is 18.0. The molecule has 0 saturated carbocycles. The zero-order valence-electron chi connectivity index (χ0n) is 22.7. The van der Waals surface area contributed by atoms with Crippen LogP contribution in [0, 0.1) is 11.8 Å². The molecule has 38 heavy (non-hydrogen) atoms. The molecule has 0 aliphatic rings. The maximum Gasteiger partial charge on any atom is 0.326 e. The van der Waals surface area contributed by atoms with Gasteiger partial charge in [-0.1, -0.05) is 52.3 Å². The minimum absolute atomic E-state index is 0.0871. The van der Waals surface area contributed by atoms with Crippen molar-refractivity contribution >= 4 is 46.4 Å². The summed E-state index contributed by atoms with van der Waals surface area (Å²) >= 11 is 1.50. The fourth-order valence-corrected chi connectivity index (χ4v) is 4.53. The van der Waals surface area contributed by atoms with Crippen LogP contribution in [0.4, 0.5) is 0 Å². The second-order valence-electron chi connectivity index (χ2n) is 9.95. The predicted octanol–water partition coefficient (Wildman–Crippen LogP) is 2.03. The van der Waals surface area contributed by atoms with Crippen LogP contribution in [0.3, 0.4) is 0 Å². The van der Waals surface area contributed by atoms with E-state index in [9.17, 15) is 24.3 Å². The summed E-state index contributed by atoms with van der Waals surface area (Å²) in [5, 5.41) is 18.5. The lowest BCUT2D eigenvalue weighted by Gasteiger charge is -2.26. The van der Waals surface area contributed by atoms with Crippen molar-refractivity contribution in [2.24, 2.45) is 17.6 Å². The molecule has 0 fully saturated rings. The van der Waals surface area contributed by atoms with Crippen molar-refractivity contribution in [3.05, 3.63) is 36.0 Å². The van der Waals surface area contributed by atoms with Crippen LogP contribution < -0.4 is 21.7 Å². The van der Waals surface area contributed by atoms with Crippen LogP contribution in [0.1, 0.15) is 46.1 Å². The second kappa shape index (κ2) is 14.8. The molecule has 0 aliphatic carbocycles. The molecule has 5 atom stereocenters. The van der Waals surface area contributed by atoms with Crippen LogP contribution in [0.25, 0.3) is 10.9 Å². The number of rotatable bonds is 15. The summed E-state index contributed by atoms with van der Waals surface area (Å²) in [6.45, 7) is 7.20. The maximum atomic E-state index is 13.6. The third kappa shape index (κ3) is 8.49. The number of aliphatic carboxylic acids is 1. The molecule has 1 aromatic carbocycles. The van der Waals surface area contributed by atoms with Crippen LogP contribution in [0.15, 0.2) is 30.5 Å². The van der Waals surface area contributed by atoms with Gasteiger partial charge in [0.1, 0.15) is 18.1 Å². The Balaban J connectivity index is 2.31. The molecule has 1 aromatic heterocycles. The topological polar surface area (TPSA) is 166 Å². The monoisotopic (exact) mass is 547 g/mol. The number of carboxylic acid groups (broad SMARTS) is 1. The number of hydrogen-bond donors (Lipinski definition) is 6. The van der Waals surface area contributed by atoms with Gasteiger partial charge in [-0.3, -0.25) is 14.4 Å². The number of amides is 3. The molecule has 3 amide bonds. The van der Waals surface area contributed by atoms with Crippen LogP contribution in [0.5, 0.6) is 0 Å². The first-order valence-electron chi connectivity index (χ1n) is 12.9. The van der Waals surface area contributed by atoms with Crippen molar-refractivity contribution in [3.8, 4) is 0 Å². The predicted molar refractivity (Wildman–Crippen MR) is 151 cm³/mol. The highest BCUT2D eigenvalue weighted by atomic mass is 32.2. The van der Waals surface area contributed by atoms with E-state index in [1.54, 1.807) is 20.0 Å². The van der Waals surface area contributed by atoms with E-state index in [0.717, 1.165) is 16.5 Å². The van der Waals surface area contributed by atoms with Gasteiger partial charge in [0.2, 0.25) is 17.7 Å². The van der Waals surface area contributed by atoms with Crippen molar-refractivity contribution in [1.29, 1.82) is 0 Å². The summed E-state index contributed by atoms with van der Waals surface area (Å²) in [4.78, 5) is 54.4. The number of hydrogen-bond acceptors (Lipinski definition) is 6. The van der Waals surface area contributed by atoms with Gasteiger partial charge < -0.3 is 31.8 Å². The van der Waals surface area contributed by atoms with Gasteiger partial charge in [-0.15, -0.1) is 0 Å². The van der Waals surface area contributed by atoms with E-state index in [1.165, 1.54) is 11.8 Å². The molecule has 11 heteroatoms. The first kappa shape index (κ1) is 31.2. The fourth-order valence-electron chi connectivity index (χ4n) is 4.05. The van der Waals surface area contributed by atoms with Gasteiger partial charge in [-0.25, -0.2) is 4.79 Å². The van der Waals surface area contributed by atoms with Crippen molar-refractivity contribution < 1.29 is 24.3 Å². The number of nitrogens with two attached hydrogens (primary N) is 1. The third-order valence-corrected chi connectivity index (χ3v) is 7.41. The van der Waals surface area contributed by atoms with Gasteiger partial charge in [-0.05, 0) is 41.9 Å². The molecule has 5 unspecified atom stereocenters. The highest BCUT2D eigenvalue weighted by molar-refractivity contribution is 7.98. The van der Waals surface area contributed by atoms with Crippen molar-refractivity contribution in [3.63, 3.8) is 0 Å². The van der Waals surface area contributed by atoms with Gasteiger partial charge in [0.25, 0.3) is 0 Å². The summed E-state index contributed by atoms with van der Waals surface area (Å²) in [6, 6.07) is 3.78. The number of para-hydroxylation sites is 1. The standard InChI is InChI=1S/C27H41N5O5S/c1-6-16(4)22(28)26(35)31-21(13-17-14-29-19-10-8-7-9-18(17)19)25(34)30-20(11-12-38-5)24(33)32-23(15(2)3)27(36)37/h7-10,14-16,20-23,29H,6,11-13,28H2,1-5H3,(H,30,34)(H,31,35)(H,32,33)(H,36,37). The Morgan fingerprint density at radius 1 is 1.00 bits per heavy atom. The van der Waals surface area contributed by atoms with Gasteiger partial charge in [0.15, 0.2) is 0 Å². The molecule has 0 bridgehead atoms. The van der Waals surface area contributed by atoms with E-state index < -0.39 is 47.9 Å². The minimum Gasteiger partial charge on any atom is -0.480 e. The van der Waals surface area contributed by atoms with Crippen LogP contribution in [-0.2, 0) is 25.6 Å². The Hall–Kier alpha value is -3.05. The van der Waals surface area contributed by atoms with Crippen LogP contribution in [-0.4, -0.2) is 70.0 Å². The maximum absolute atomic E-state index is 13.6. The number of thioether (sulfide) groups is 1. The normalized spacial score (nSPS) is 15.3. The Labute approximate surface area is 228 Å². The van der Waals surface area contributed by atoms with E-state index in [2.05, 4.69) is 20.9 Å². The Kier molecular flexibility index (Phi) is 12.1. The summed E-state index contributed by atoms with van der Waals surface area (Å²) < 4.78 is 0. The molecule has 0 aliphatic heterocycles. The van der Waals surface area contributed by atoms with Gasteiger partial charge in [-0.2, -0.15) is 11.8 Å². The molecule has 2 aromatic rings. The summed E-state index contributed by atoms with van der Waals surface area (Å²) in [5.41, 5.74) is 7.86. The first-order valence-corrected chi connectivity index (χ1v) is 14.3. The summed E-state index contributed by atoms with van der Waals surface area (Å²) in [7, 11) is 0. The average molecular weight is 548 g/mol. The second-order valence-corrected chi connectivity index (χ2v) is 10.9. The Bertz CT molecular complexity index is 1100. The number of nitrogens with one attached hydrogen (secondary N) is 4. The molecule has 0 radical (unpaired) electrons. The van der Waals surface area contributed by atoms with Crippen molar-refractivity contribution in [2.75, 3.05) is 12.0 Å². The lowest BCUT2D eigenvalue weighted by Crippen LogP contribution is -2.58. The molecule has 0 spiro atoms. The number of carbonyl (C=O) groups is 4. The SMILES string of the molecule is CCC(C)C(N)C(=O)NC(Cc1c[nH]c2ccccc12)C(=O)NC(CCSC)C(=O)NC(C(=O)O)C(C)C. The lowest BCUT2D eigenvalue weighted by atomic mass is 9.98. The number of aromatic nitrogens is 1. The van der Waals surface area contributed by atoms with E-state index in [4.69, 9.17) is 5.73 Å². The van der Waals surface area contributed by atoms with E-state index in [1.807, 2.05) is 44.4 Å². The van der Waals surface area contributed by atoms with Crippen molar-refractivity contribution in [1.82, 2.24) is 20.9 Å². The zero-order valence-corrected chi connectivity index (χ0v) is 23.6. The summed E-state index contributed by atoms with van der Waals surface area (Å²) in [5.74, 6) is -2.59. The number of carboxylic acids is 1. The number of aromatic amines is 1. The van der Waals surface area contributed by atoms with Crippen LogP contribution in [0.2, 0.25) is 0 Å². The third-order valence-electron chi connectivity index (χ3n) is 6.77. The molecule has 7 N–H and O–H groups in total. The number of fused-ring (bicyclic) bond motifs is 1. The largest absolute Gasteiger partial charge is 0.480 e. The zero-order chi connectivity index (χ0) is 28.4. The number of benzene rings is 1. The van der Waals surface area contributed by atoms with Gasteiger partial charge in [0.05, 0.1) is 6.04 Å². The van der Waals surface area contributed by atoms with Gasteiger partial charge in [0, 0.05) is 23.5 Å². The lowest BCUT2D eigenvalue weighted by molar-refractivity contribution is -0.143. The Morgan fingerprint density at radius 3 is 2.24 bits per heavy atom. The highest BCUT2D eigenvalue weighted by Gasteiger charge is 2.32. The van der Waals surface area contributed by atoms with E-state index >= 15 is 0 Å². The molecular formula is C27H41N5O5S. The number of H-pyrrole nitrogens is 1. The highest BCUT2D eigenvalue weighted by Crippen LogP contribution is 2.19. The molecule has 1 heterocycles. The molecule has 10 nitrogen and oxygen atoms in total. The van der Waals surface area contributed by atoms with Crippen molar-refractivity contribution in [2.45, 2.75) is 71.1 Å². The Morgan fingerprint density at radius 2 is 1.63 bits per heavy atom. The smallest absolute Gasteiger partial charge is 0.326 e. The minimum atomic E-state index is -1.15. The molecule has 0 saturated heterocycles. The molecular weight excluding hydrogens is 506 g/mol. The number of carbonyl (C=O) groups excluding carboxylic acids is 3. The quantitative estimate of drug-likeness (QED) is 0.198. The van der Waals surface area contributed by atoms with E-state index in [0.29, 0.717) is 18.6 Å². The van der Waals surface area contributed by atoms with Gasteiger partial charge >= 0.3 is 5.97 Å². The summed E-state index contributed by atoms with van der Waals surface area (Å²) in [6.07, 6.45) is 4.84.